The maximum Gasteiger partial charge on any atom is 0.323 e. The van der Waals surface area contributed by atoms with Gasteiger partial charge in [0.05, 0.1) is 6.54 Å². The smallest absolute Gasteiger partial charge is 0.323 e. The summed E-state index contributed by atoms with van der Waals surface area (Å²) in [7, 11) is -3.83. The zero-order chi connectivity index (χ0) is 12.3. The maximum atomic E-state index is 11.4. The van der Waals surface area contributed by atoms with Crippen molar-refractivity contribution in [2.75, 3.05) is 0 Å². The fraction of sp³-hybridized carbons (Fsp3) is 0.500. The summed E-state index contributed by atoms with van der Waals surface area (Å²) < 4.78 is 25.1. The van der Waals surface area contributed by atoms with Crippen LogP contribution in [-0.4, -0.2) is 29.7 Å². The van der Waals surface area contributed by atoms with Crippen LogP contribution < -0.4 is 4.72 Å². The quantitative estimate of drug-likeness (QED) is 0.799. The summed E-state index contributed by atoms with van der Waals surface area (Å²) in [4.78, 5) is 15.5. The molecule has 0 aliphatic carbocycles. The van der Waals surface area contributed by atoms with E-state index in [1.54, 1.807) is 6.20 Å². The third kappa shape index (κ3) is 3.26. The van der Waals surface area contributed by atoms with Crippen molar-refractivity contribution < 1.29 is 18.3 Å². The average molecular weight is 264 g/mol. The lowest BCUT2D eigenvalue weighted by molar-refractivity contribution is -0.136. The van der Waals surface area contributed by atoms with E-state index in [1.807, 2.05) is 6.92 Å². The number of aliphatic carboxylic acids is 1. The largest absolute Gasteiger partial charge is 0.480 e. The van der Waals surface area contributed by atoms with Crippen LogP contribution in [0.3, 0.4) is 0 Å². The van der Waals surface area contributed by atoms with Crippen LogP contribution >= 0.6 is 11.3 Å². The first kappa shape index (κ1) is 13.1. The van der Waals surface area contributed by atoms with E-state index in [9.17, 15) is 13.2 Å². The highest BCUT2D eigenvalue weighted by atomic mass is 32.2. The van der Waals surface area contributed by atoms with Gasteiger partial charge in [-0.05, 0) is 13.8 Å². The second-order valence-electron chi connectivity index (χ2n) is 3.21. The average Bonchev–Trinajstić information content (AvgIpc) is 2.60. The molecule has 0 bridgehead atoms. The van der Waals surface area contributed by atoms with Crippen molar-refractivity contribution in [1.82, 2.24) is 9.71 Å². The molecular weight excluding hydrogens is 252 g/mol. The Bertz CT molecular complexity index is 480. The Morgan fingerprint density at radius 3 is 2.75 bits per heavy atom. The molecule has 0 saturated carbocycles. The van der Waals surface area contributed by atoms with E-state index in [1.165, 1.54) is 11.3 Å². The van der Waals surface area contributed by atoms with E-state index in [0.29, 0.717) is 5.01 Å². The molecule has 8 heteroatoms. The molecule has 6 nitrogen and oxygen atoms in total. The van der Waals surface area contributed by atoms with Crippen molar-refractivity contribution in [3.8, 4) is 0 Å². The van der Waals surface area contributed by atoms with Crippen molar-refractivity contribution in [3.63, 3.8) is 0 Å². The van der Waals surface area contributed by atoms with E-state index in [4.69, 9.17) is 5.11 Å². The molecule has 0 spiro atoms. The van der Waals surface area contributed by atoms with Gasteiger partial charge in [-0.25, -0.2) is 18.1 Å². The summed E-state index contributed by atoms with van der Waals surface area (Å²) in [5, 5.41) is 7.73. The first-order chi connectivity index (χ1) is 7.33. The topological polar surface area (TPSA) is 96.4 Å². The van der Waals surface area contributed by atoms with Gasteiger partial charge in [0.1, 0.15) is 5.01 Å². The minimum atomic E-state index is -3.83. The number of carboxylic acid groups (broad SMARTS) is 1. The standard InChI is InChI=1S/C8H12N2O4S2/c1-5-3-9-7(15-5)4-10-16(13,14)6(2)8(11)12/h3,6,10H,4H2,1-2H3,(H,11,12). The molecule has 1 aromatic heterocycles. The lowest BCUT2D eigenvalue weighted by atomic mass is 10.5. The number of nitrogens with zero attached hydrogens (tertiary/aromatic N) is 1. The monoisotopic (exact) mass is 264 g/mol. The van der Waals surface area contributed by atoms with Crippen LogP contribution in [0.5, 0.6) is 0 Å². The lowest BCUT2D eigenvalue weighted by Crippen LogP contribution is -2.37. The molecule has 0 amide bonds. The normalized spacial score (nSPS) is 13.6. The number of carboxylic acids is 1. The van der Waals surface area contributed by atoms with E-state index in [2.05, 4.69) is 9.71 Å². The molecule has 0 aliphatic heterocycles. The first-order valence-electron chi connectivity index (χ1n) is 4.45. The van der Waals surface area contributed by atoms with Gasteiger partial charge in [0.15, 0.2) is 5.25 Å². The second-order valence-corrected chi connectivity index (χ2v) is 6.62. The van der Waals surface area contributed by atoms with E-state index < -0.39 is 21.2 Å². The van der Waals surface area contributed by atoms with Gasteiger partial charge < -0.3 is 5.11 Å². The molecule has 0 saturated heterocycles. The first-order valence-corrected chi connectivity index (χ1v) is 6.82. The Balaban J connectivity index is 2.65. The van der Waals surface area contributed by atoms with Crippen molar-refractivity contribution >= 4 is 27.3 Å². The van der Waals surface area contributed by atoms with Gasteiger partial charge in [0.2, 0.25) is 10.0 Å². The predicted octanol–water partition coefficient (Wildman–Crippen LogP) is 0.344. The number of hydrogen-bond acceptors (Lipinski definition) is 5. The molecule has 2 N–H and O–H groups in total. The molecule has 1 rings (SSSR count). The SMILES string of the molecule is Cc1cnc(CNS(=O)(=O)C(C)C(=O)O)s1. The zero-order valence-corrected chi connectivity index (χ0v) is 10.4. The van der Waals surface area contributed by atoms with Crippen LogP contribution in [0.4, 0.5) is 0 Å². The number of carbonyl (C=O) groups is 1. The van der Waals surface area contributed by atoms with Crippen LogP contribution in [0.25, 0.3) is 0 Å². The van der Waals surface area contributed by atoms with Crippen LogP contribution in [0.2, 0.25) is 0 Å². The molecule has 1 atom stereocenters. The molecule has 0 radical (unpaired) electrons. The summed E-state index contributed by atoms with van der Waals surface area (Å²) in [6, 6.07) is 0. The second kappa shape index (κ2) is 4.89. The van der Waals surface area contributed by atoms with Gasteiger partial charge >= 0.3 is 5.97 Å². The summed E-state index contributed by atoms with van der Waals surface area (Å²) >= 11 is 1.36. The minimum absolute atomic E-state index is 0.0263. The van der Waals surface area contributed by atoms with E-state index in [-0.39, 0.29) is 6.54 Å². The third-order valence-corrected chi connectivity index (χ3v) is 4.50. The Kier molecular flexibility index (Phi) is 4.00. The van der Waals surface area contributed by atoms with Crippen LogP contribution in [0.15, 0.2) is 6.20 Å². The summed E-state index contributed by atoms with van der Waals surface area (Å²) in [5.74, 6) is -1.37. The Labute approximate surface area is 97.4 Å². The predicted molar refractivity (Wildman–Crippen MR) is 59.7 cm³/mol. The molecule has 90 valence electrons. The number of hydrogen-bond donors (Lipinski definition) is 2. The highest BCUT2D eigenvalue weighted by Gasteiger charge is 2.27. The highest BCUT2D eigenvalue weighted by molar-refractivity contribution is 7.90. The maximum absolute atomic E-state index is 11.4. The van der Waals surface area contributed by atoms with Crippen molar-refractivity contribution in [2.45, 2.75) is 25.6 Å². The van der Waals surface area contributed by atoms with Gasteiger partial charge in [-0.2, -0.15) is 0 Å². The van der Waals surface area contributed by atoms with Gasteiger partial charge in [-0.1, -0.05) is 0 Å². The van der Waals surface area contributed by atoms with Crippen LogP contribution in [-0.2, 0) is 21.4 Å². The zero-order valence-electron chi connectivity index (χ0n) is 8.80. The number of sulfonamides is 1. The van der Waals surface area contributed by atoms with Gasteiger partial charge in [0, 0.05) is 11.1 Å². The fourth-order valence-corrected chi connectivity index (χ4v) is 2.57. The molecule has 0 fully saturated rings. The molecule has 1 aromatic rings. The Morgan fingerprint density at radius 1 is 1.69 bits per heavy atom. The van der Waals surface area contributed by atoms with E-state index >= 15 is 0 Å². The molecular formula is C8H12N2O4S2. The fourth-order valence-electron chi connectivity index (χ4n) is 0.903. The van der Waals surface area contributed by atoms with Crippen molar-refractivity contribution in [1.29, 1.82) is 0 Å². The van der Waals surface area contributed by atoms with Crippen molar-refractivity contribution in [2.24, 2.45) is 0 Å². The minimum Gasteiger partial charge on any atom is -0.480 e. The number of rotatable bonds is 5. The molecule has 1 unspecified atom stereocenters. The third-order valence-electron chi connectivity index (χ3n) is 1.91. The number of aryl methyl sites for hydroxylation is 1. The van der Waals surface area contributed by atoms with Gasteiger partial charge in [-0.15, -0.1) is 11.3 Å². The van der Waals surface area contributed by atoms with Crippen LogP contribution in [0.1, 0.15) is 16.8 Å². The molecule has 0 aliphatic rings. The summed E-state index contributed by atoms with van der Waals surface area (Å²) in [6.07, 6.45) is 1.63. The van der Waals surface area contributed by atoms with E-state index in [0.717, 1.165) is 11.8 Å². The number of thiazole rings is 1. The van der Waals surface area contributed by atoms with Gasteiger partial charge in [-0.3, -0.25) is 4.79 Å². The van der Waals surface area contributed by atoms with Crippen molar-refractivity contribution in [3.05, 3.63) is 16.1 Å². The molecule has 16 heavy (non-hydrogen) atoms. The molecule has 0 aromatic carbocycles. The Hall–Kier alpha value is -0.990. The lowest BCUT2D eigenvalue weighted by Gasteiger charge is -2.08. The highest BCUT2D eigenvalue weighted by Crippen LogP contribution is 2.11. The number of nitrogens with one attached hydrogen (secondary N) is 1. The van der Waals surface area contributed by atoms with Gasteiger partial charge in [0.25, 0.3) is 0 Å². The summed E-state index contributed by atoms with van der Waals surface area (Å²) in [5.41, 5.74) is 0. The summed E-state index contributed by atoms with van der Waals surface area (Å²) in [6.45, 7) is 3.01. The molecule has 1 heterocycles. The van der Waals surface area contributed by atoms with Crippen LogP contribution in [0, 0.1) is 6.92 Å². The number of aromatic nitrogens is 1. The Morgan fingerprint density at radius 2 is 2.31 bits per heavy atom.